The Morgan fingerprint density at radius 2 is 1.68 bits per heavy atom. The van der Waals surface area contributed by atoms with Crippen LogP contribution in [0.4, 0.5) is 0 Å². The first-order valence-electron chi connectivity index (χ1n) is 6.86. The van der Waals surface area contributed by atoms with E-state index in [9.17, 15) is 0 Å². The van der Waals surface area contributed by atoms with Gasteiger partial charge in [-0.15, -0.1) is 0 Å². The summed E-state index contributed by atoms with van der Waals surface area (Å²) in [6.45, 7) is 3.18. The fraction of sp³-hybridized carbons (Fsp3) is 0.235. The lowest BCUT2D eigenvalue weighted by atomic mass is 9.97. The number of nitrogens with two attached hydrogens (primary N) is 1. The van der Waals surface area contributed by atoms with Gasteiger partial charge in [-0.2, -0.15) is 0 Å². The summed E-state index contributed by atoms with van der Waals surface area (Å²) in [5.41, 5.74) is 10.2. The molecule has 2 aromatic rings. The molecular weight excluding hydrogens is 232 g/mol. The maximum atomic E-state index is 6.35. The van der Waals surface area contributed by atoms with Crippen molar-refractivity contribution in [2.45, 2.75) is 19.4 Å². The van der Waals surface area contributed by atoms with Crippen molar-refractivity contribution in [2.75, 3.05) is 6.54 Å². The molecule has 1 unspecified atom stereocenters. The van der Waals surface area contributed by atoms with Crippen molar-refractivity contribution in [3.63, 3.8) is 0 Å². The van der Waals surface area contributed by atoms with Crippen LogP contribution in [0, 0.1) is 0 Å². The van der Waals surface area contributed by atoms with Gasteiger partial charge in [0.05, 0.1) is 12.1 Å². The van der Waals surface area contributed by atoms with Crippen LogP contribution in [-0.4, -0.2) is 17.0 Å². The van der Waals surface area contributed by atoms with Crippen molar-refractivity contribution < 1.29 is 4.58 Å². The Balaban J connectivity index is 2.16. The summed E-state index contributed by atoms with van der Waals surface area (Å²) in [5, 5.41) is 0. The maximum Gasteiger partial charge on any atom is 0.276 e. The lowest BCUT2D eigenvalue weighted by Gasteiger charge is -2.15. The van der Waals surface area contributed by atoms with Gasteiger partial charge in [0.25, 0.3) is 5.84 Å². The molecule has 1 aliphatic rings. The zero-order valence-electron chi connectivity index (χ0n) is 11.2. The molecule has 96 valence electrons. The molecule has 0 aromatic heterocycles. The zero-order valence-corrected chi connectivity index (χ0v) is 11.2. The van der Waals surface area contributed by atoms with Gasteiger partial charge in [0.15, 0.2) is 0 Å². The van der Waals surface area contributed by atoms with Gasteiger partial charge in [-0.1, -0.05) is 55.5 Å². The van der Waals surface area contributed by atoms with Crippen molar-refractivity contribution in [3.05, 3.63) is 71.3 Å². The molecule has 0 saturated heterocycles. The molecule has 1 atom stereocenters. The van der Waals surface area contributed by atoms with E-state index in [4.69, 9.17) is 5.73 Å². The Morgan fingerprint density at radius 3 is 2.42 bits per heavy atom. The van der Waals surface area contributed by atoms with Crippen molar-refractivity contribution in [1.29, 1.82) is 0 Å². The van der Waals surface area contributed by atoms with Crippen molar-refractivity contribution in [1.82, 2.24) is 0 Å². The molecule has 19 heavy (non-hydrogen) atoms. The van der Waals surface area contributed by atoms with Crippen molar-refractivity contribution in [2.24, 2.45) is 5.73 Å². The molecular formula is C17H19N2+. The van der Waals surface area contributed by atoms with Crippen LogP contribution in [0.1, 0.15) is 36.1 Å². The number of rotatable bonds is 3. The van der Waals surface area contributed by atoms with Crippen LogP contribution in [0.5, 0.6) is 0 Å². The van der Waals surface area contributed by atoms with E-state index >= 15 is 0 Å². The molecule has 0 spiro atoms. The van der Waals surface area contributed by atoms with Gasteiger partial charge >= 0.3 is 0 Å². The van der Waals surface area contributed by atoms with Gasteiger partial charge in [0, 0.05) is 11.1 Å². The number of nitrogens with zero attached hydrogens (tertiary/aromatic N) is 1. The largest absolute Gasteiger partial charge is 0.287 e. The van der Waals surface area contributed by atoms with E-state index in [1.54, 1.807) is 0 Å². The third kappa shape index (κ3) is 1.93. The molecule has 0 fully saturated rings. The number of benzene rings is 2. The van der Waals surface area contributed by atoms with Crippen LogP contribution in [0.2, 0.25) is 0 Å². The molecule has 1 heterocycles. The Morgan fingerprint density at radius 1 is 1.00 bits per heavy atom. The number of hydrogen-bond acceptors (Lipinski definition) is 1. The minimum atomic E-state index is 0.261. The second kappa shape index (κ2) is 4.88. The summed E-state index contributed by atoms with van der Waals surface area (Å²) in [6, 6.07) is 19.3. The highest BCUT2D eigenvalue weighted by Gasteiger charge is 2.34. The van der Waals surface area contributed by atoms with Gasteiger partial charge < -0.3 is 0 Å². The first-order chi connectivity index (χ1) is 9.33. The van der Waals surface area contributed by atoms with Gasteiger partial charge in [-0.25, -0.2) is 0 Å². The zero-order chi connectivity index (χ0) is 13.2. The Bertz CT molecular complexity index is 614. The Hall–Kier alpha value is -2.09. The van der Waals surface area contributed by atoms with Crippen LogP contribution < -0.4 is 5.73 Å². The van der Waals surface area contributed by atoms with Gasteiger partial charge in [-0.3, -0.25) is 10.3 Å². The second-order valence-corrected chi connectivity index (χ2v) is 4.98. The van der Waals surface area contributed by atoms with E-state index in [0.29, 0.717) is 0 Å². The summed E-state index contributed by atoms with van der Waals surface area (Å²) in [4.78, 5) is 0. The number of amidine groups is 1. The predicted molar refractivity (Wildman–Crippen MR) is 78.4 cm³/mol. The SMILES string of the molecule is CCC[N+]1=C(N)c2ccccc2C1c1ccccc1. The molecule has 2 N–H and O–H groups in total. The highest BCUT2D eigenvalue weighted by molar-refractivity contribution is 5.97. The monoisotopic (exact) mass is 251 g/mol. The molecule has 2 heteroatoms. The van der Waals surface area contributed by atoms with E-state index in [-0.39, 0.29) is 6.04 Å². The molecule has 0 bridgehead atoms. The summed E-state index contributed by atoms with van der Waals surface area (Å²) >= 11 is 0. The second-order valence-electron chi connectivity index (χ2n) is 4.98. The standard InChI is InChI=1S/C17H18N2/c1-2-12-19-16(13-8-4-3-5-9-13)14-10-6-7-11-15(14)17(19)18/h3-11,16,18H,2,12H2,1H3/p+1. The molecule has 0 saturated carbocycles. The van der Waals surface area contributed by atoms with Crippen molar-refractivity contribution in [3.8, 4) is 0 Å². The summed E-state index contributed by atoms with van der Waals surface area (Å²) in [6.07, 6.45) is 1.10. The van der Waals surface area contributed by atoms with Crippen LogP contribution in [0.25, 0.3) is 0 Å². The molecule has 2 aromatic carbocycles. The highest BCUT2D eigenvalue weighted by atomic mass is 15.1. The molecule has 0 radical (unpaired) electrons. The third-order valence-corrected chi connectivity index (χ3v) is 3.73. The van der Waals surface area contributed by atoms with Gasteiger partial charge in [0.2, 0.25) is 0 Å². The van der Waals surface area contributed by atoms with Gasteiger partial charge in [-0.05, 0) is 12.5 Å². The average molecular weight is 251 g/mol. The van der Waals surface area contributed by atoms with Crippen LogP contribution in [-0.2, 0) is 0 Å². The molecule has 1 aliphatic heterocycles. The smallest absolute Gasteiger partial charge is 0.276 e. The molecule has 3 rings (SSSR count). The first kappa shape index (κ1) is 12.0. The average Bonchev–Trinajstić information content (AvgIpc) is 2.74. The minimum Gasteiger partial charge on any atom is -0.287 e. The molecule has 2 nitrogen and oxygen atoms in total. The lowest BCUT2D eigenvalue weighted by molar-refractivity contribution is -0.558. The fourth-order valence-electron chi connectivity index (χ4n) is 2.92. The normalized spacial score (nSPS) is 17.6. The Labute approximate surface area is 114 Å². The third-order valence-electron chi connectivity index (χ3n) is 3.73. The topological polar surface area (TPSA) is 29.0 Å². The van der Waals surface area contributed by atoms with E-state index < -0.39 is 0 Å². The van der Waals surface area contributed by atoms with Crippen LogP contribution >= 0.6 is 0 Å². The maximum absolute atomic E-state index is 6.35. The van der Waals surface area contributed by atoms with E-state index in [0.717, 1.165) is 18.8 Å². The summed E-state index contributed by atoms with van der Waals surface area (Å²) < 4.78 is 2.32. The summed E-state index contributed by atoms with van der Waals surface area (Å²) in [5.74, 6) is 0.909. The fourth-order valence-corrected chi connectivity index (χ4v) is 2.92. The Kier molecular flexibility index (Phi) is 3.08. The minimum absolute atomic E-state index is 0.261. The lowest BCUT2D eigenvalue weighted by Crippen LogP contribution is -2.26. The van der Waals surface area contributed by atoms with E-state index in [1.165, 1.54) is 16.7 Å². The number of hydrogen-bond donors (Lipinski definition) is 1. The van der Waals surface area contributed by atoms with Crippen molar-refractivity contribution >= 4 is 5.84 Å². The molecule has 0 amide bonds. The molecule has 0 aliphatic carbocycles. The van der Waals surface area contributed by atoms with Crippen LogP contribution in [0.15, 0.2) is 54.6 Å². The van der Waals surface area contributed by atoms with E-state index in [2.05, 4.69) is 66.1 Å². The number of fused-ring (bicyclic) bond motifs is 1. The van der Waals surface area contributed by atoms with Gasteiger partial charge in [0.1, 0.15) is 6.04 Å². The van der Waals surface area contributed by atoms with Crippen LogP contribution in [0.3, 0.4) is 0 Å². The first-order valence-corrected chi connectivity index (χ1v) is 6.86. The van der Waals surface area contributed by atoms with E-state index in [1.807, 2.05) is 0 Å². The predicted octanol–water partition coefficient (Wildman–Crippen LogP) is 2.92. The quantitative estimate of drug-likeness (QED) is 0.835. The summed E-state index contributed by atoms with van der Waals surface area (Å²) in [7, 11) is 0. The highest BCUT2D eigenvalue weighted by Crippen LogP contribution is 2.33.